The molecule has 2 N–H and O–H groups in total. The molecule has 0 aliphatic rings. The van der Waals surface area contributed by atoms with E-state index >= 15 is 0 Å². The number of hydrogen-bond acceptors (Lipinski definition) is 3. The van der Waals surface area contributed by atoms with Crippen LogP contribution in [-0.2, 0) is 4.74 Å². The third kappa shape index (κ3) is 3.56. The SMILES string of the molecule is CCOC(=O)c1ccc([C@H](N)C(C)(C)C)cc1. The first kappa shape index (κ1) is 13.7. The third-order valence-corrected chi connectivity index (χ3v) is 2.71. The number of rotatable bonds is 3. The molecule has 0 spiro atoms. The summed E-state index contributed by atoms with van der Waals surface area (Å²) in [5.41, 5.74) is 7.75. The van der Waals surface area contributed by atoms with Crippen LogP contribution in [0.1, 0.15) is 49.7 Å². The lowest BCUT2D eigenvalue weighted by molar-refractivity contribution is 0.0526. The minimum absolute atomic E-state index is 0.00540. The number of carbonyl (C=O) groups is 1. The van der Waals surface area contributed by atoms with Gasteiger partial charge in [-0.1, -0.05) is 32.9 Å². The predicted molar refractivity (Wildman–Crippen MR) is 68.8 cm³/mol. The van der Waals surface area contributed by atoms with E-state index in [1.807, 2.05) is 12.1 Å². The van der Waals surface area contributed by atoms with Gasteiger partial charge >= 0.3 is 5.97 Å². The Morgan fingerprint density at radius 3 is 2.24 bits per heavy atom. The Labute approximate surface area is 103 Å². The number of ether oxygens (including phenoxy) is 1. The van der Waals surface area contributed by atoms with E-state index in [-0.39, 0.29) is 17.4 Å². The summed E-state index contributed by atoms with van der Waals surface area (Å²) in [4.78, 5) is 11.5. The molecule has 17 heavy (non-hydrogen) atoms. The Morgan fingerprint density at radius 1 is 1.29 bits per heavy atom. The molecule has 0 radical (unpaired) electrons. The molecule has 0 aliphatic heterocycles. The highest BCUT2D eigenvalue weighted by Gasteiger charge is 2.22. The second kappa shape index (κ2) is 5.32. The van der Waals surface area contributed by atoms with Crippen molar-refractivity contribution in [3.63, 3.8) is 0 Å². The molecule has 0 amide bonds. The quantitative estimate of drug-likeness (QED) is 0.819. The first-order valence-corrected chi connectivity index (χ1v) is 5.89. The number of esters is 1. The van der Waals surface area contributed by atoms with E-state index in [1.165, 1.54) is 0 Å². The second-order valence-electron chi connectivity index (χ2n) is 5.19. The summed E-state index contributed by atoms with van der Waals surface area (Å²) in [7, 11) is 0. The zero-order valence-electron chi connectivity index (χ0n) is 11.0. The van der Waals surface area contributed by atoms with Gasteiger partial charge in [-0.3, -0.25) is 0 Å². The van der Waals surface area contributed by atoms with Gasteiger partial charge in [-0.15, -0.1) is 0 Å². The summed E-state index contributed by atoms with van der Waals surface area (Å²) >= 11 is 0. The highest BCUT2D eigenvalue weighted by Crippen LogP contribution is 2.30. The maximum Gasteiger partial charge on any atom is 0.338 e. The van der Waals surface area contributed by atoms with Gasteiger partial charge in [0.25, 0.3) is 0 Å². The predicted octanol–water partition coefficient (Wildman–Crippen LogP) is 2.91. The standard InChI is InChI=1S/C14H21NO2/c1-5-17-13(16)11-8-6-10(7-9-11)12(15)14(2,3)4/h6-9,12H,5,15H2,1-4H3/t12-/m0/s1. The molecule has 1 atom stereocenters. The van der Waals surface area contributed by atoms with Crippen molar-refractivity contribution in [1.29, 1.82) is 0 Å². The van der Waals surface area contributed by atoms with Crippen molar-refractivity contribution in [2.75, 3.05) is 6.61 Å². The number of hydrogen-bond donors (Lipinski definition) is 1. The van der Waals surface area contributed by atoms with Crippen LogP contribution in [0, 0.1) is 5.41 Å². The van der Waals surface area contributed by atoms with E-state index in [2.05, 4.69) is 20.8 Å². The first-order valence-electron chi connectivity index (χ1n) is 5.89. The molecule has 1 aromatic carbocycles. The molecule has 0 fully saturated rings. The first-order chi connectivity index (χ1) is 7.86. The van der Waals surface area contributed by atoms with Crippen LogP contribution in [0.15, 0.2) is 24.3 Å². The molecule has 3 heteroatoms. The lowest BCUT2D eigenvalue weighted by atomic mass is 9.83. The zero-order chi connectivity index (χ0) is 13.1. The molecule has 1 rings (SSSR count). The second-order valence-corrected chi connectivity index (χ2v) is 5.19. The fraction of sp³-hybridized carbons (Fsp3) is 0.500. The van der Waals surface area contributed by atoms with Crippen LogP contribution in [-0.4, -0.2) is 12.6 Å². The molecular weight excluding hydrogens is 214 g/mol. The van der Waals surface area contributed by atoms with Crippen molar-refractivity contribution >= 4 is 5.97 Å². The van der Waals surface area contributed by atoms with Crippen LogP contribution < -0.4 is 5.73 Å². The van der Waals surface area contributed by atoms with Gasteiger partial charge in [-0.2, -0.15) is 0 Å². The Morgan fingerprint density at radius 2 is 1.82 bits per heavy atom. The Balaban J connectivity index is 2.85. The monoisotopic (exact) mass is 235 g/mol. The maximum atomic E-state index is 11.5. The fourth-order valence-corrected chi connectivity index (χ4v) is 1.54. The average molecular weight is 235 g/mol. The van der Waals surface area contributed by atoms with Gasteiger partial charge in [0.1, 0.15) is 0 Å². The maximum absolute atomic E-state index is 11.5. The molecular formula is C14H21NO2. The molecule has 0 heterocycles. The summed E-state index contributed by atoms with van der Waals surface area (Å²) in [6.45, 7) is 8.47. The van der Waals surface area contributed by atoms with Crippen molar-refractivity contribution in [3.05, 3.63) is 35.4 Å². The smallest absolute Gasteiger partial charge is 0.338 e. The largest absolute Gasteiger partial charge is 0.462 e. The lowest BCUT2D eigenvalue weighted by Gasteiger charge is -2.27. The van der Waals surface area contributed by atoms with E-state index < -0.39 is 0 Å². The average Bonchev–Trinajstić information content (AvgIpc) is 2.27. The Bertz CT molecular complexity index is 376. The summed E-state index contributed by atoms with van der Waals surface area (Å²) in [5, 5.41) is 0. The normalized spacial score (nSPS) is 13.2. The third-order valence-electron chi connectivity index (χ3n) is 2.71. The van der Waals surface area contributed by atoms with Crippen molar-refractivity contribution in [2.45, 2.75) is 33.7 Å². The summed E-state index contributed by atoms with van der Waals surface area (Å²) in [5.74, 6) is -0.289. The van der Waals surface area contributed by atoms with Crippen molar-refractivity contribution in [2.24, 2.45) is 11.1 Å². The molecule has 0 saturated heterocycles. The van der Waals surface area contributed by atoms with Crippen LogP contribution >= 0.6 is 0 Å². The van der Waals surface area contributed by atoms with Gasteiger partial charge in [-0.05, 0) is 30.0 Å². The van der Waals surface area contributed by atoms with Gasteiger partial charge in [0.15, 0.2) is 0 Å². The minimum atomic E-state index is -0.289. The number of nitrogens with two attached hydrogens (primary N) is 1. The van der Waals surface area contributed by atoms with Gasteiger partial charge in [0, 0.05) is 6.04 Å². The number of carbonyl (C=O) groups excluding carboxylic acids is 1. The zero-order valence-corrected chi connectivity index (χ0v) is 11.0. The van der Waals surface area contributed by atoms with E-state index in [0.29, 0.717) is 12.2 Å². The topological polar surface area (TPSA) is 52.3 Å². The van der Waals surface area contributed by atoms with Gasteiger partial charge in [0.05, 0.1) is 12.2 Å². The molecule has 3 nitrogen and oxygen atoms in total. The highest BCUT2D eigenvalue weighted by atomic mass is 16.5. The molecule has 0 unspecified atom stereocenters. The molecule has 0 aromatic heterocycles. The molecule has 94 valence electrons. The Hall–Kier alpha value is -1.35. The van der Waals surface area contributed by atoms with Gasteiger partial charge in [0.2, 0.25) is 0 Å². The summed E-state index contributed by atoms with van der Waals surface area (Å²) in [6.07, 6.45) is 0. The minimum Gasteiger partial charge on any atom is -0.462 e. The van der Waals surface area contributed by atoms with Crippen LogP contribution in [0.4, 0.5) is 0 Å². The van der Waals surface area contributed by atoms with E-state index in [0.717, 1.165) is 5.56 Å². The van der Waals surface area contributed by atoms with Crippen LogP contribution in [0.3, 0.4) is 0 Å². The highest BCUT2D eigenvalue weighted by molar-refractivity contribution is 5.89. The van der Waals surface area contributed by atoms with E-state index in [4.69, 9.17) is 10.5 Å². The molecule has 0 bridgehead atoms. The summed E-state index contributed by atoms with van der Waals surface area (Å²) < 4.78 is 4.93. The van der Waals surface area contributed by atoms with Crippen molar-refractivity contribution < 1.29 is 9.53 Å². The van der Waals surface area contributed by atoms with Gasteiger partial charge < -0.3 is 10.5 Å². The summed E-state index contributed by atoms with van der Waals surface area (Å²) in [6, 6.07) is 7.26. The van der Waals surface area contributed by atoms with Crippen LogP contribution in [0.2, 0.25) is 0 Å². The molecule has 0 saturated carbocycles. The Kier molecular flexibility index (Phi) is 4.29. The van der Waals surface area contributed by atoms with E-state index in [1.54, 1.807) is 19.1 Å². The van der Waals surface area contributed by atoms with Crippen molar-refractivity contribution in [1.82, 2.24) is 0 Å². The van der Waals surface area contributed by atoms with Gasteiger partial charge in [-0.25, -0.2) is 4.79 Å². The molecule has 0 aliphatic carbocycles. The number of benzene rings is 1. The van der Waals surface area contributed by atoms with E-state index in [9.17, 15) is 4.79 Å². The molecule has 1 aromatic rings. The van der Waals surface area contributed by atoms with Crippen LogP contribution in [0.25, 0.3) is 0 Å². The lowest BCUT2D eigenvalue weighted by Crippen LogP contribution is -2.26. The van der Waals surface area contributed by atoms with Crippen molar-refractivity contribution in [3.8, 4) is 0 Å². The fourth-order valence-electron chi connectivity index (χ4n) is 1.54. The van der Waals surface area contributed by atoms with Crippen LogP contribution in [0.5, 0.6) is 0 Å².